The van der Waals surface area contributed by atoms with Gasteiger partial charge in [0.2, 0.25) is 0 Å². The van der Waals surface area contributed by atoms with E-state index in [9.17, 15) is 4.79 Å². The van der Waals surface area contributed by atoms with E-state index in [1.54, 1.807) is 13.0 Å². The first kappa shape index (κ1) is 30.3. The van der Waals surface area contributed by atoms with Crippen LogP contribution in [0.4, 0.5) is 5.69 Å². The molecule has 0 bridgehead atoms. The molecule has 0 saturated carbocycles. The molecule has 0 amide bonds. The third-order valence-electron chi connectivity index (χ3n) is 6.70. The Morgan fingerprint density at radius 3 is 1.80 bits per heavy atom. The maximum Gasteiger partial charge on any atom is 0.159 e. The molecule has 3 N–H and O–H groups in total. The van der Waals surface area contributed by atoms with Crippen molar-refractivity contribution in [3.63, 3.8) is 0 Å². The molecule has 1 aromatic heterocycles. The normalized spacial score (nSPS) is 10.3. The first-order chi connectivity index (χ1) is 19.0. The molecule has 4 aromatic carbocycles. The minimum Gasteiger partial charge on any atom is -0.398 e. The Kier molecular flexibility index (Phi) is 10.4. The number of aryl methyl sites for hydroxylation is 6. The highest BCUT2D eigenvalue weighted by atomic mass is 16.3. The number of Topliss-reactive ketones (excluding diaryl/α,β-unsaturated/α-hetero) is 1. The maximum absolute atomic E-state index is 10.9. The number of fused-ring (bicyclic) bond motifs is 1. The number of aliphatic hydroxyl groups excluding tert-OH is 1. The van der Waals surface area contributed by atoms with Gasteiger partial charge in [0.25, 0.3) is 0 Å². The number of anilines is 1. The zero-order valence-electron chi connectivity index (χ0n) is 24.7. The fourth-order valence-corrected chi connectivity index (χ4v) is 4.71. The number of aromatic nitrogens is 1. The van der Waals surface area contributed by atoms with E-state index in [0.29, 0.717) is 5.69 Å². The average Bonchev–Trinajstić information content (AvgIpc) is 2.88. The van der Waals surface area contributed by atoms with Gasteiger partial charge in [-0.3, -0.25) is 4.79 Å². The summed E-state index contributed by atoms with van der Waals surface area (Å²) in [7, 11) is 0. The molecule has 206 valence electrons. The SMILES string of the molecule is CC(=O)c1cc(C)cc(C)c1.Cc1cc(C)cc(-c2ccc3c(C)cccc3n2)c1.Cc1cccc(N)c1CO. The molecule has 0 radical (unpaired) electrons. The van der Waals surface area contributed by atoms with Crippen LogP contribution in [0.2, 0.25) is 0 Å². The minimum absolute atomic E-state index is 0.0263. The van der Waals surface area contributed by atoms with Crippen LogP contribution in [0.3, 0.4) is 0 Å². The summed E-state index contributed by atoms with van der Waals surface area (Å²) >= 11 is 0. The fourth-order valence-electron chi connectivity index (χ4n) is 4.71. The first-order valence-corrected chi connectivity index (χ1v) is 13.5. The van der Waals surface area contributed by atoms with E-state index < -0.39 is 0 Å². The van der Waals surface area contributed by atoms with E-state index in [4.69, 9.17) is 15.8 Å². The Hall–Kier alpha value is -4.28. The second-order valence-corrected chi connectivity index (χ2v) is 10.4. The van der Waals surface area contributed by atoms with E-state index in [1.807, 2.05) is 45.0 Å². The van der Waals surface area contributed by atoms with Crippen LogP contribution in [-0.2, 0) is 6.61 Å². The number of nitrogen functional groups attached to an aromatic ring is 1. The average molecular weight is 533 g/mol. The van der Waals surface area contributed by atoms with Crippen LogP contribution < -0.4 is 5.73 Å². The zero-order chi connectivity index (χ0) is 29.4. The van der Waals surface area contributed by atoms with Gasteiger partial charge in [0.15, 0.2) is 5.78 Å². The molecular weight excluding hydrogens is 492 g/mol. The van der Waals surface area contributed by atoms with Crippen molar-refractivity contribution in [1.29, 1.82) is 0 Å². The van der Waals surface area contributed by atoms with E-state index in [1.165, 1.54) is 27.6 Å². The lowest BCUT2D eigenvalue weighted by atomic mass is 10.0. The van der Waals surface area contributed by atoms with Crippen LogP contribution in [0.15, 0.2) is 84.9 Å². The largest absolute Gasteiger partial charge is 0.398 e. The van der Waals surface area contributed by atoms with Crippen LogP contribution in [0.25, 0.3) is 22.2 Å². The smallest absolute Gasteiger partial charge is 0.159 e. The van der Waals surface area contributed by atoms with Crippen molar-refractivity contribution in [2.75, 3.05) is 5.73 Å². The van der Waals surface area contributed by atoms with Crippen molar-refractivity contribution in [3.05, 3.63) is 129 Å². The van der Waals surface area contributed by atoms with Gasteiger partial charge in [-0.1, -0.05) is 64.7 Å². The molecule has 4 heteroatoms. The molecule has 5 rings (SSSR count). The highest BCUT2D eigenvalue weighted by Gasteiger charge is 2.04. The van der Waals surface area contributed by atoms with Gasteiger partial charge in [-0.15, -0.1) is 0 Å². The summed E-state index contributed by atoms with van der Waals surface area (Å²) in [6.07, 6.45) is 0. The summed E-state index contributed by atoms with van der Waals surface area (Å²) < 4.78 is 0. The van der Waals surface area contributed by atoms with Crippen LogP contribution in [0.1, 0.15) is 56.2 Å². The molecule has 1 heterocycles. The molecule has 0 atom stereocenters. The summed E-state index contributed by atoms with van der Waals surface area (Å²) in [6, 6.07) is 28.6. The number of pyridine rings is 1. The molecule has 0 unspecified atom stereocenters. The molecule has 0 spiro atoms. The van der Waals surface area contributed by atoms with Crippen molar-refractivity contribution in [2.24, 2.45) is 0 Å². The number of aliphatic hydroxyl groups is 1. The lowest BCUT2D eigenvalue weighted by Crippen LogP contribution is -1.95. The number of ketones is 1. The Bertz CT molecular complexity index is 1580. The molecule has 0 aliphatic carbocycles. The monoisotopic (exact) mass is 532 g/mol. The maximum atomic E-state index is 10.9. The fraction of sp³-hybridized carbons (Fsp3) is 0.222. The number of hydrogen-bond acceptors (Lipinski definition) is 4. The zero-order valence-corrected chi connectivity index (χ0v) is 24.7. The number of benzene rings is 4. The van der Waals surface area contributed by atoms with Crippen LogP contribution >= 0.6 is 0 Å². The van der Waals surface area contributed by atoms with Crippen molar-refractivity contribution < 1.29 is 9.90 Å². The van der Waals surface area contributed by atoms with Crippen molar-refractivity contribution >= 4 is 22.4 Å². The molecule has 5 aromatic rings. The van der Waals surface area contributed by atoms with Gasteiger partial charge in [-0.05, 0) is 102 Å². The molecule has 4 nitrogen and oxygen atoms in total. The molecule has 0 fully saturated rings. The van der Waals surface area contributed by atoms with Crippen molar-refractivity contribution in [2.45, 2.75) is 55.1 Å². The van der Waals surface area contributed by atoms with Gasteiger partial charge in [-0.25, -0.2) is 4.98 Å². The first-order valence-electron chi connectivity index (χ1n) is 13.5. The van der Waals surface area contributed by atoms with Gasteiger partial charge in [0.1, 0.15) is 0 Å². The lowest BCUT2D eigenvalue weighted by Gasteiger charge is -2.07. The van der Waals surface area contributed by atoms with Gasteiger partial charge >= 0.3 is 0 Å². The molecule has 40 heavy (non-hydrogen) atoms. The van der Waals surface area contributed by atoms with E-state index in [0.717, 1.165) is 39.0 Å². The summed E-state index contributed by atoms with van der Waals surface area (Å²) in [5.41, 5.74) is 18.4. The van der Waals surface area contributed by atoms with Crippen molar-refractivity contribution in [1.82, 2.24) is 4.98 Å². The highest BCUT2D eigenvalue weighted by Crippen LogP contribution is 2.24. The minimum atomic E-state index is 0.0263. The number of nitrogens with two attached hydrogens (primary N) is 1. The van der Waals surface area contributed by atoms with Crippen LogP contribution in [-0.4, -0.2) is 15.9 Å². The summed E-state index contributed by atoms with van der Waals surface area (Å²) in [6.45, 7) is 13.9. The predicted molar refractivity (Wildman–Crippen MR) is 169 cm³/mol. The molecular formula is C36H40N2O2. The number of nitrogens with zero attached hydrogens (tertiary/aromatic N) is 1. The third kappa shape index (κ3) is 8.11. The standard InChI is InChI=1S/C18H17N.C10H12O.C8H11NO/c1-12-9-13(2)11-15(10-12)17-8-7-16-14(3)5-4-6-18(16)19-17;1-7-4-8(2)6-10(5-7)9(3)11;1-6-3-2-4-8(9)7(6)5-10/h4-11H,1-3H3;4-6H,1-3H3;2-4,10H,5,9H2,1H3. The Labute approximate surface area is 238 Å². The van der Waals surface area contributed by atoms with Gasteiger partial charge in [-0.2, -0.15) is 0 Å². The predicted octanol–water partition coefficient (Wildman–Crippen LogP) is 8.40. The number of carbonyl (C=O) groups excluding carboxylic acids is 1. The Morgan fingerprint density at radius 2 is 1.27 bits per heavy atom. The van der Waals surface area contributed by atoms with Gasteiger partial charge in [0.05, 0.1) is 17.8 Å². The van der Waals surface area contributed by atoms with Crippen LogP contribution in [0.5, 0.6) is 0 Å². The van der Waals surface area contributed by atoms with Crippen molar-refractivity contribution in [3.8, 4) is 11.3 Å². The summed E-state index contributed by atoms with van der Waals surface area (Å²) in [4.78, 5) is 15.7. The second kappa shape index (κ2) is 13.7. The highest BCUT2D eigenvalue weighted by molar-refractivity contribution is 5.94. The van der Waals surface area contributed by atoms with Gasteiger partial charge in [0, 0.05) is 27.8 Å². The second-order valence-electron chi connectivity index (χ2n) is 10.4. The molecule has 0 aliphatic rings. The lowest BCUT2D eigenvalue weighted by molar-refractivity contribution is 0.101. The summed E-state index contributed by atoms with van der Waals surface area (Å²) in [5.74, 6) is 0.136. The number of rotatable bonds is 3. The number of hydrogen-bond donors (Lipinski definition) is 2. The molecule has 0 saturated heterocycles. The van der Waals surface area contributed by atoms with Gasteiger partial charge < -0.3 is 10.8 Å². The van der Waals surface area contributed by atoms with E-state index in [-0.39, 0.29) is 12.4 Å². The van der Waals surface area contributed by atoms with Crippen LogP contribution in [0, 0.1) is 41.5 Å². The molecule has 0 aliphatic heterocycles. The Balaban J connectivity index is 0.000000180. The van der Waals surface area contributed by atoms with E-state index >= 15 is 0 Å². The third-order valence-corrected chi connectivity index (χ3v) is 6.70. The summed E-state index contributed by atoms with van der Waals surface area (Å²) in [5, 5.41) is 10.1. The Morgan fingerprint density at radius 1 is 0.725 bits per heavy atom. The topological polar surface area (TPSA) is 76.2 Å². The van der Waals surface area contributed by atoms with E-state index in [2.05, 4.69) is 75.4 Å². The quantitative estimate of drug-likeness (QED) is 0.181. The number of carbonyl (C=O) groups is 1.